The molecular formula is C38H63N13O8. The summed E-state index contributed by atoms with van der Waals surface area (Å²) in [5, 5.41) is 33.8. The van der Waals surface area contributed by atoms with Crippen molar-refractivity contribution < 1.29 is 39.0 Å². The fourth-order valence-corrected chi connectivity index (χ4v) is 6.08. The van der Waals surface area contributed by atoms with Crippen LogP contribution in [-0.4, -0.2) is 119 Å². The van der Waals surface area contributed by atoms with Crippen molar-refractivity contribution in [3.8, 4) is 0 Å². The molecule has 5 amide bonds. The highest BCUT2D eigenvalue weighted by Crippen LogP contribution is 2.20. The topological polar surface area (TPSA) is 374 Å². The van der Waals surface area contributed by atoms with E-state index in [1.807, 2.05) is 45.0 Å². The van der Waals surface area contributed by atoms with Gasteiger partial charge in [-0.3, -0.25) is 34.0 Å². The summed E-state index contributed by atoms with van der Waals surface area (Å²) in [4.78, 5) is 90.9. The molecule has 2 aromatic rings. The lowest BCUT2D eigenvalue weighted by Crippen LogP contribution is -2.60. The minimum absolute atomic E-state index is 0.0221. The van der Waals surface area contributed by atoms with Gasteiger partial charge in [-0.15, -0.1) is 0 Å². The maximum atomic E-state index is 13.9. The zero-order valence-corrected chi connectivity index (χ0v) is 34.2. The van der Waals surface area contributed by atoms with Crippen molar-refractivity contribution in [3.63, 3.8) is 0 Å². The number of benzene rings is 1. The molecule has 0 saturated carbocycles. The number of aliphatic carboxylic acids is 1. The average molecular weight is 830 g/mol. The zero-order valence-electron chi connectivity index (χ0n) is 34.2. The lowest BCUT2D eigenvalue weighted by atomic mass is 9.95. The van der Waals surface area contributed by atoms with E-state index >= 15 is 0 Å². The van der Waals surface area contributed by atoms with E-state index in [1.165, 1.54) is 0 Å². The van der Waals surface area contributed by atoms with Crippen LogP contribution < -0.4 is 55.3 Å². The fraction of sp³-hybridized carbons (Fsp3) is 0.579. The second-order valence-electron chi connectivity index (χ2n) is 14.8. The number of carbonyl (C=O) groups excluding carboxylic acids is 5. The Bertz CT molecular complexity index is 1770. The molecule has 0 aliphatic carbocycles. The Hall–Kier alpha value is -5.96. The summed E-state index contributed by atoms with van der Waals surface area (Å²) < 4.78 is 0. The van der Waals surface area contributed by atoms with Gasteiger partial charge in [-0.1, -0.05) is 52.3 Å². The first kappa shape index (κ1) is 49.2. The highest BCUT2D eigenvalue weighted by atomic mass is 16.4. The molecule has 18 N–H and O–H groups in total. The van der Waals surface area contributed by atoms with Crippen molar-refractivity contribution in [3.05, 3.63) is 36.0 Å². The number of aromatic nitrogens is 1. The molecule has 0 saturated heterocycles. The lowest BCUT2D eigenvalue weighted by molar-refractivity contribution is -0.142. The quantitative estimate of drug-likeness (QED) is 0.0271. The van der Waals surface area contributed by atoms with Gasteiger partial charge < -0.3 is 70.4 Å². The third kappa shape index (κ3) is 16.8. The number of rotatable bonds is 26. The average Bonchev–Trinajstić information content (AvgIpc) is 3.59. The number of aliphatic hydroxyl groups is 1. The van der Waals surface area contributed by atoms with Crippen LogP contribution in [0.4, 0.5) is 0 Å². The Morgan fingerprint density at radius 1 is 0.729 bits per heavy atom. The van der Waals surface area contributed by atoms with Gasteiger partial charge in [0.25, 0.3) is 0 Å². The fourth-order valence-electron chi connectivity index (χ4n) is 6.08. The molecule has 0 spiro atoms. The summed E-state index contributed by atoms with van der Waals surface area (Å²) in [6, 6.07) is -0.193. The number of hydrogen-bond donors (Lipinski definition) is 13. The number of nitrogens with zero attached hydrogens (tertiary/aromatic N) is 2. The van der Waals surface area contributed by atoms with E-state index < -0.39 is 84.3 Å². The summed E-state index contributed by atoms with van der Waals surface area (Å²) in [5.41, 5.74) is 28.9. The van der Waals surface area contributed by atoms with Gasteiger partial charge in [0.1, 0.15) is 30.2 Å². The van der Waals surface area contributed by atoms with Gasteiger partial charge in [0.05, 0.1) is 12.6 Å². The summed E-state index contributed by atoms with van der Waals surface area (Å²) in [7, 11) is 0. The first-order chi connectivity index (χ1) is 27.9. The number of fused-ring (bicyclic) bond motifs is 1. The normalized spacial score (nSPS) is 14.7. The molecule has 1 aromatic carbocycles. The lowest BCUT2D eigenvalue weighted by Gasteiger charge is -2.29. The summed E-state index contributed by atoms with van der Waals surface area (Å²) in [6.07, 6.45) is 2.94. The van der Waals surface area contributed by atoms with E-state index in [0.717, 1.165) is 10.9 Å². The van der Waals surface area contributed by atoms with E-state index in [1.54, 1.807) is 13.1 Å². The largest absolute Gasteiger partial charge is 0.480 e. The Labute approximate surface area is 343 Å². The van der Waals surface area contributed by atoms with Crippen LogP contribution in [0.3, 0.4) is 0 Å². The predicted molar refractivity (Wildman–Crippen MR) is 223 cm³/mol. The van der Waals surface area contributed by atoms with Crippen molar-refractivity contribution >= 4 is 58.3 Å². The summed E-state index contributed by atoms with van der Waals surface area (Å²) in [5.74, 6) is -6.00. The number of guanidine groups is 2. The van der Waals surface area contributed by atoms with E-state index in [9.17, 15) is 39.0 Å². The molecule has 0 unspecified atom stereocenters. The predicted octanol–water partition coefficient (Wildman–Crippen LogP) is -2.26. The number of hydrogen-bond acceptors (Lipinski definition) is 10. The highest BCUT2D eigenvalue weighted by Gasteiger charge is 2.35. The maximum absolute atomic E-state index is 13.9. The molecule has 21 nitrogen and oxygen atoms in total. The first-order valence-electron chi connectivity index (χ1n) is 19.6. The van der Waals surface area contributed by atoms with Gasteiger partial charge >= 0.3 is 5.97 Å². The smallest absolute Gasteiger partial charge is 0.326 e. The number of nitrogens with one attached hydrogen (secondary N) is 6. The van der Waals surface area contributed by atoms with Gasteiger partial charge in [-0.05, 0) is 55.6 Å². The third-order valence-electron chi connectivity index (χ3n) is 9.55. The SMILES string of the molecule is CC[C@H](C)[C@H](NC(=O)[C@H](CC(C)C)NC(=O)[C@H](CCCN=C(N)N)NC(=O)[C@H](CO)NC(=O)[C@@H](N)CCCN=C(N)N)C(=O)N[C@@H](Cc1c[nH]c2ccccc12)C(=O)O. The highest BCUT2D eigenvalue weighted by molar-refractivity contribution is 5.96. The molecule has 0 fully saturated rings. The molecule has 59 heavy (non-hydrogen) atoms. The number of aliphatic imine (C=N–C) groups is 2. The Kier molecular flexibility index (Phi) is 20.6. The minimum Gasteiger partial charge on any atom is -0.480 e. The van der Waals surface area contributed by atoms with Crippen LogP contribution in [0.25, 0.3) is 10.9 Å². The van der Waals surface area contributed by atoms with Crippen LogP contribution in [0, 0.1) is 11.8 Å². The molecule has 1 aromatic heterocycles. The molecule has 21 heteroatoms. The Morgan fingerprint density at radius 2 is 1.27 bits per heavy atom. The van der Waals surface area contributed by atoms with Gasteiger partial charge in [-0.25, -0.2) is 4.79 Å². The van der Waals surface area contributed by atoms with Crippen LogP contribution in [0.15, 0.2) is 40.4 Å². The number of para-hydroxylation sites is 1. The Balaban J connectivity index is 2.26. The number of carboxylic acid groups (broad SMARTS) is 1. The molecule has 0 aliphatic rings. The molecule has 0 bridgehead atoms. The van der Waals surface area contributed by atoms with E-state index in [4.69, 9.17) is 28.7 Å². The van der Waals surface area contributed by atoms with Gasteiger partial charge in [0.2, 0.25) is 29.5 Å². The maximum Gasteiger partial charge on any atom is 0.326 e. The third-order valence-corrected chi connectivity index (χ3v) is 9.55. The molecule has 0 radical (unpaired) electrons. The van der Waals surface area contributed by atoms with E-state index in [2.05, 4.69) is 41.6 Å². The summed E-state index contributed by atoms with van der Waals surface area (Å²) >= 11 is 0. The monoisotopic (exact) mass is 829 g/mol. The Morgan fingerprint density at radius 3 is 1.85 bits per heavy atom. The number of amides is 5. The van der Waals surface area contributed by atoms with Crippen LogP contribution in [0.5, 0.6) is 0 Å². The molecule has 1 heterocycles. The number of aromatic amines is 1. The number of nitrogens with two attached hydrogens (primary N) is 5. The summed E-state index contributed by atoms with van der Waals surface area (Å²) in [6.45, 7) is 6.67. The number of carboxylic acids is 1. The van der Waals surface area contributed by atoms with Crippen LogP contribution in [-0.2, 0) is 35.2 Å². The number of carbonyl (C=O) groups is 6. The molecule has 2 rings (SSSR count). The van der Waals surface area contributed by atoms with Crippen molar-refractivity contribution in [2.24, 2.45) is 50.5 Å². The van der Waals surface area contributed by atoms with Gasteiger partial charge in [0, 0.05) is 36.6 Å². The standard InChI is InChI=1S/C38H63N13O8/c1-5-21(4)30(35(57)49-28(36(58)59)17-22-18-46-25-12-7-6-10-23(22)25)51-33(55)27(16-20(2)3)48-32(54)26(13-9-15-45-38(42)43)47-34(56)29(19-52)50-31(53)24(39)11-8-14-44-37(40)41/h6-7,10,12,18,20-21,24,26-30,46,52H,5,8-9,11,13-17,19,39H2,1-4H3,(H,47,56)(H,48,54)(H,49,57)(H,50,53)(H,51,55)(H,58,59)(H4,40,41,44)(H4,42,43,45)/t21-,24-,26-,27-,28-,29-,30-/m0/s1. The van der Waals surface area contributed by atoms with Crippen molar-refractivity contribution in [2.75, 3.05) is 19.7 Å². The van der Waals surface area contributed by atoms with Gasteiger partial charge in [-0.2, -0.15) is 0 Å². The van der Waals surface area contributed by atoms with Crippen LogP contribution in [0.2, 0.25) is 0 Å². The van der Waals surface area contributed by atoms with E-state index in [0.29, 0.717) is 18.4 Å². The minimum atomic E-state index is -1.49. The molecular weight excluding hydrogens is 767 g/mol. The number of aliphatic hydroxyl groups excluding tert-OH is 1. The van der Waals surface area contributed by atoms with Crippen molar-refractivity contribution in [1.82, 2.24) is 31.6 Å². The molecule has 0 aliphatic heterocycles. The van der Waals surface area contributed by atoms with Crippen molar-refractivity contribution in [2.45, 2.75) is 109 Å². The molecule has 7 atom stereocenters. The van der Waals surface area contributed by atoms with Crippen molar-refractivity contribution in [1.29, 1.82) is 0 Å². The van der Waals surface area contributed by atoms with Crippen LogP contribution >= 0.6 is 0 Å². The van der Waals surface area contributed by atoms with Crippen LogP contribution in [0.1, 0.15) is 71.8 Å². The van der Waals surface area contributed by atoms with Gasteiger partial charge in [0.15, 0.2) is 11.9 Å². The second kappa shape index (κ2) is 24.7. The number of H-pyrrole nitrogens is 1. The second-order valence-corrected chi connectivity index (χ2v) is 14.8. The first-order valence-corrected chi connectivity index (χ1v) is 19.6. The molecule has 328 valence electrons. The zero-order chi connectivity index (χ0) is 44.2. The van der Waals surface area contributed by atoms with E-state index in [-0.39, 0.29) is 63.0 Å².